The van der Waals surface area contributed by atoms with Gasteiger partial charge in [0.05, 0.1) is 34.4 Å². The SMILES string of the molecule is CCCCCC/C=C\C/C=C\CCCCCCCCOCC(COP(=O)([O-])OCC[N+](C)(C)C)OC(=O)CCCCCCCCCCCCCCCC. The quantitative estimate of drug-likeness (QED) is 0.0201. The molecule has 2 unspecified atom stereocenters. The van der Waals surface area contributed by atoms with E-state index in [4.69, 9.17) is 18.5 Å². The Morgan fingerprint density at radius 3 is 1.55 bits per heavy atom. The normalized spacial score (nSPS) is 14.0. The van der Waals surface area contributed by atoms with Gasteiger partial charge in [-0.05, 0) is 44.9 Å². The molecule has 314 valence electrons. The first-order valence-corrected chi connectivity index (χ1v) is 23.5. The van der Waals surface area contributed by atoms with Crippen LogP contribution in [0.2, 0.25) is 0 Å². The molecule has 0 amide bonds. The molecule has 0 N–H and O–H groups in total. The monoisotopic (exact) mass is 772 g/mol. The summed E-state index contributed by atoms with van der Waals surface area (Å²) in [6, 6.07) is 0. The van der Waals surface area contributed by atoms with E-state index in [2.05, 4.69) is 38.2 Å². The van der Waals surface area contributed by atoms with Crippen LogP contribution in [0.1, 0.15) is 194 Å². The lowest BCUT2D eigenvalue weighted by molar-refractivity contribution is -0.870. The van der Waals surface area contributed by atoms with Crippen molar-refractivity contribution < 1.29 is 37.3 Å². The number of phosphoric acid groups is 1. The highest BCUT2D eigenvalue weighted by molar-refractivity contribution is 7.45. The van der Waals surface area contributed by atoms with Crippen molar-refractivity contribution in [1.29, 1.82) is 0 Å². The third kappa shape index (κ3) is 42.0. The van der Waals surface area contributed by atoms with Crippen molar-refractivity contribution in [2.45, 2.75) is 200 Å². The molecule has 0 aliphatic heterocycles. The van der Waals surface area contributed by atoms with Crippen LogP contribution in [0.3, 0.4) is 0 Å². The lowest BCUT2D eigenvalue weighted by Crippen LogP contribution is -2.37. The van der Waals surface area contributed by atoms with E-state index in [-0.39, 0.29) is 25.8 Å². The van der Waals surface area contributed by atoms with E-state index in [1.165, 1.54) is 128 Å². The van der Waals surface area contributed by atoms with Gasteiger partial charge in [-0.1, -0.05) is 167 Å². The summed E-state index contributed by atoms with van der Waals surface area (Å²) in [6.45, 7) is 5.39. The van der Waals surface area contributed by atoms with Crippen LogP contribution in [-0.4, -0.2) is 70.7 Å². The Morgan fingerprint density at radius 1 is 0.585 bits per heavy atom. The lowest BCUT2D eigenvalue weighted by atomic mass is 10.0. The van der Waals surface area contributed by atoms with E-state index >= 15 is 0 Å². The van der Waals surface area contributed by atoms with Crippen molar-refractivity contribution in [3.05, 3.63) is 24.3 Å². The molecular formula is C44H86NO7P. The number of esters is 1. The molecule has 0 fully saturated rings. The first-order chi connectivity index (χ1) is 25.6. The Bertz CT molecular complexity index is 905. The number of hydrogen-bond donors (Lipinski definition) is 0. The van der Waals surface area contributed by atoms with Crippen molar-refractivity contribution in [2.24, 2.45) is 0 Å². The standard InChI is InChI=1S/C44H86NO7P/c1-6-8-10-12-14-16-18-20-22-23-24-26-28-30-32-34-36-39-49-41-43(42-51-53(47,48)50-40-38-45(3,4)5)52-44(46)37-35-33-31-29-27-25-21-19-17-15-13-11-9-7-2/h16,18,22-23,43H,6-15,17,19-21,24-42H2,1-5H3/b18-16-,23-22-. The molecule has 0 rings (SSSR count). The van der Waals surface area contributed by atoms with Crippen molar-refractivity contribution in [1.82, 2.24) is 0 Å². The average molecular weight is 772 g/mol. The summed E-state index contributed by atoms with van der Waals surface area (Å²) in [5.74, 6) is -0.336. The number of rotatable bonds is 41. The molecule has 0 heterocycles. The number of allylic oxidation sites excluding steroid dienone is 4. The van der Waals surface area contributed by atoms with Gasteiger partial charge < -0.3 is 27.9 Å². The van der Waals surface area contributed by atoms with E-state index in [9.17, 15) is 14.3 Å². The van der Waals surface area contributed by atoms with Gasteiger partial charge in [0.1, 0.15) is 19.3 Å². The van der Waals surface area contributed by atoms with Gasteiger partial charge in [-0.2, -0.15) is 0 Å². The molecule has 0 radical (unpaired) electrons. The second-order valence-corrected chi connectivity index (χ2v) is 17.5. The van der Waals surface area contributed by atoms with Crippen LogP contribution in [0.5, 0.6) is 0 Å². The molecule has 0 aromatic heterocycles. The van der Waals surface area contributed by atoms with Crippen LogP contribution in [0.15, 0.2) is 24.3 Å². The van der Waals surface area contributed by atoms with Crippen LogP contribution in [0.25, 0.3) is 0 Å². The highest BCUT2D eigenvalue weighted by atomic mass is 31.2. The largest absolute Gasteiger partial charge is 0.756 e. The van der Waals surface area contributed by atoms with Crippen molar-refractivity contribution in [3.63, 3.8) is 0 Å². The number of carbonyl (C=O) groups is 1. The van der Waals surface area contributed by atoms with E-state index in [0.29, 0.717) is 24.1 Å². The molecule has 0 aliphatic rings. The fraction of sp³-hybridized carbons (Fsp3) is 0.886. The van der Waals surface area contributed by atoms with Crippen LogP contribution in [-0.2, 0) is 27.9 Å². The highest BCUT2D eigenvalue weighted by Crippen LogP contribution is 2.38. The molecule has 9 heteroatoms. The van der Waals surface area contributed by atoms with Gasteiger partial charge >= 0.3 is 5.97 Å². The summed E-state index contributed by atoms with van der Waals surface area (Å²) in [5.41, 5.74) is 0. The third-order valence-corrected chi connectivity index (χ3v) is 10.5. The summed E-state index contributed by atoms with van der Waals surface area (Å²) in [6.07, 6.45) is 41.8. The Kier molecular flexibility index (Phi) is 37.2. The number of unbranched alkanes of at least 4 members (excludes halogenated alkanes) is 23. The Balaban J connectivity index is 4.23. The smallest absolute Gasteiger partial charge is 0.306 e. The van der Waals surface area contributed by atoms with Crippen LogP contribution >= 0.6 is 7.82 Å². The third-order valence-electron chi connectivity index (χ3n) is 9.51. The Morgan fingerprint density at radius 2 is 1.04 bits per heavy atom. The number of nitrogens with zero attached hydrogens (tertiary/aromatic N) is 1. The van der Waals surface area contributed by atoms with Crippen molar-refractivity contribution in [2.75, 3.05) is 54.1 Å². The number of quaternary nitrogens is 1. The molecule has 0 aliphatic carbocycles. The van der Waals surface area contributed by atoms with Crippen LogP contribution in [0.4, 0.5) is 0 Å². The van der Waals surface area contributed by atoms with Crippen molar-refractivity contribution in [3.8, 4) is 0 Å². The van der Waals surface area contributed by atoms with Gasteiger partial charge in [-0.3, -0.25) is 9.36 Å². The number of carbonyl (C=O) groups excluding carboxylic acids is 1. The maximum atomic E-state index is 12.7. The zero-order chi connectivity index (χ0) is 39.1. The minimum atomic E-state index is -4.52. The minimum absolute atomic E-state index is 0.0258. The molecule has 0 aromatic rings. The van der Waals surface area contributed by atoms with Gasteiger partial charge in [0, 0.05) is 13.0 Å². The number of ether oxygens (including phenoxy) is 2. The van der Waals surface area contributed by atoms with E-state index in [1.807, 2.05) is 21.1 Å². The number of likely N-dealkylation sites (N-methyl/N-ethyl adjacent to an activating group) is 1. The zero-order valence-corrected chi connectivity index (χ0v) is 36.4. The highest BCUT2D eigenvalue weighted by Gasteiger charge is 2.20. The molecule has 0 saturated heterocycles. The van der Waals surface area contributed by atoms with Gasteiger partial charge in [-0.15, -0.1) is 0 Å². The second-order valence-electron chi connectivity index (χ2n) is 16.1. The minimum Gasteiger partial charge on any atom is -0.756 e. The molecule has 0 spiro atoms. The summed E-state index contributed by atoms with van der Waals surface area (Å²) in [4.78, 5) is 25.0. The maximum Gasteiger partial charge on any atom is 0.306 e. The topological polar surface area (TPSA) is 94.1 Å². The van der Waals surface area contributed by atoms with Gasteiger partial charge in [0.25, 0.3) is 7.82 Å². The van der Waals surface area contributed by atoms with Gasteiger partial charge in [-0.25, -0.2) is 0 Å². The van der Waals surface area contributed by atoms with Crippen LogP contribution in [0, 0.1) is 0 Å². The number of phosphoric ester groups is 1. The summed E-state index contributed by atoms with van der Waals surface area (Å²) < 4.78 is 34.6. The number of hydrogen-bond acceptors (Lipinski definition) is 7. The molecule has 2 atom stereocenters. The fourth-order valence-corrected chi connectivity index (χ4v) is 6.78. The van der Waals surface area contributed by atoms with Gasteiger partial charge in [0.15, 0.2) is 0 Å². The Hall–Kier alpha value is -1.02. The van der Waals surface area contributed by atoms with Crippen LogP contribution < -0.4 is 4.89 Å². The van der Waals surface area contributed by atoms with E-state index in [1.54, 1.807) is 0 Å². The summed E-state index contributed by atoms with van der Waals surface area (Å²) in [7, 11) is 1.35. The summed E-state index contributed by atoms with van der Waals surface area (Å²) in [5, 5.41) is 0. The predicted octanol–water partition coefficient (Wildman–Crippen LogP) is 12.2. The fourth-order valence-electron chi connectivity index (χ4n) is 6.05. The van der Waals surface area contributed by atoms with Crippen molar-refractivity contribution >= 4 is 13.8 Å². The molecule has 0 aromatic carbocycles. The van der Waals surface area contributed by atoms with E-state index in [0.717, 1.165) is 44.9 Å². The average Bonchev–Trinajstić information content (AvgIpc) is 3.11. The first-order valence-electron chi connectivity index (χ1n) is 22.1. The second kappa shape index (κ2) is 37.9. The molecule has 0 saturated carbocycles. The summed E-state index contributed by atoms with van der Waals surface area (Å²) >= 11 is 0. The molecule has 8 nitrogen and oxygen atoms in total. The first kappa shape index (κ1) is 52.0. The zero-order valence-electron chi connectivity index (χ0n) is 35.5. The Labute approximate surface area is 328 Å². The molecule has 53 heavy (non-hydrogen) atoms. The van der Waals surface area contributed by atoms with Gasteiger partial charge in [0.2, 0.25) is 0 Å². The van der Waals surface area contributed by atoms with E-state index < -0.39 is 13.9 Å². The molecular weight excluding hydrogens is 685 g/mol. The molecule has 0 bridgehead atoms. The maximum absolute atomic E-state index is 12.7. The predicted molar refractivity (Wildman–Crippen MR) is 222 cm³/mol. The lowest BCUT2D eigenvalue weighted by Gasteiger charge is -2.28.